The van der Waals surface area contributed by atoms with Crippen molar-refractivity contribution >= 4 is 28.3 Å². The first-order valence-electron chi connectivity index (χ1n) is 8.28. The Balaban J connectivity index is 1.71. The number of benzene rings is 1. The van der Waals surface area contributed by atoms with Crippen molar-refractivity contribution in [1.29, 1.82) is 0 Å². The molecular weight excluding hydrogens is 306 g/mol. The van der Waals surface area contributed by atoms with Crippen LogP contribution in [0.2, 0.25) is 5.02 Å². The monoisotopic (exact) mass is 325 g/mol. The van der Waals surface area contributed by atoms with Crippen LogP contribution in [0, 0.1) is 0 Å². The Bertz CT molecular complexity index is 830. The van der Waals surface area contributed by atoms with E-state index in [1.807, 2.05) is 6.07 Å². The molecule has 0 atom stereocenters. The second kappa shape index (κ2) is 5.89. The van der Waals surface area contributed by atoms with Gasteiger partial charge in [-0.3, -0.25) is 0 Å². The molecule has 0 amide bonds. The van der Waals surface area contributed by atoms with Crippen LogP contribution in [0.4, 0.5) is 5.69 Å². The summed E-state index contributed by atoms with van der Waals surface area (Å²) in [7, 11) is 0. The predicted octanol–water partition coefficient (Wildman–Crippen LogP) is 5.05. The number of pyridine rings is 1. The number of aromatic amines is 1. The van der Waals surface area contributed by atoms with Crippen LogP contribution in [0.15, 0.2) is 36.4 Å². The summed E-state index contributed by atoms with van der Waals surface area (Å²) in [4.78, 5) is 10.6. The van der Waals surface area contributed by atoms with Crippen LogP contribution in [0.3, 0.4) is 0 Å². The van der Waals surface area contributed by atoms with E-state index in [9.17, 15) is 0 Å². The standard InChI is InChI=1S/C19H20ClN3/c1-2-14-11-17-18(21-14)12-16(20)19(22-17)13-5-7-15(8-6-13)23-9-3-4-10-23/h5-8,11-12,21H,2-4,9-10H2,1H3. The number of fused-ring (bicyclic) bond motifs is 1. The maximum Gasteiger partial charge on any atom is 0.0897 e. The quantitative estimate of drug-likeness (QED) is 0.731. The number of aromatic nitrogens is 2. The highest BCUT2D eigenvalue weighted by molar-refractivity contribution is 6.33. The molecule has 118 valence electrons. The zero-order chi connectivity index (χ0) is 15.8. The lowest BCUT2D eigenvalue weighted by atomic mass is 10.1. The highest BCUT2D eigenvalue weighted by Crippen LogP contribution is 2.31. The number of halogens is 1. The molecule has 1 saturated heterocycles. The minimum atomic E-state index is 0.691. The number of H-pyrrole nitrogens is 1. The zero-order valence-corrected chi connectivity index (χ0v) is 14.0. The van der Waals surface area contributed by atoms with E-state index in [0.717, 1.165) is 41.8 Å². The van der Waals surface area contributed by atoms with Gasteiger partial charge in [-0.2, -0.15) is 0 Å². The van der Waals surface area contributed by atoms with E-state index in [4.69, 9.17) is 16.6 Å². The molecule has 23 heavy (non-hydrogen) atoms. The number of hydrogen-bond donors (Lipinski definition) is 1. The Morgan fingerprint density at radius 1 is 1.13 bits per heavy atom. The van der Waals surface area contributed by atoms with Crippen LogP contribution in [0.25, 0.3) is 22.3 Å². The van der Waals surface area contributed by atoms with Gasteiger partial charge >= 0.3 is 0 Å². The summed E-state index contributed by atoms with van der Waals surface area (Å²) in [6, 6.07) is 12.7. The SMILES string of the molecule is CCc1cc2nc(-c3ccc(N4CCCC4)cc3)c(Cl)cc2[nH]1. The van der Waals surface area contributed by atoms with Crippen LogP contribution < -0.4 is 4.90 Å². The average Bonchev–Trinajstić information content (AvgIpc) is 3.23. The zero-order valence-electron chi connectivity index (χ0n) is 13.3. The summed E-state index contributed by atoms with van der Waals surface area (Å²) in [5.74, 6) is 0. The van der Waals surface area contributed by atoms with E-state index in [1.54, 1.807) is 0 Å². The first-order chi connectivity index (χ1) is 11.2. The summed E-state index contributed by atoms with van der Waals surface area (Å²) >= 11 is 6.46. The summed E-state index contributed by atoms with van der Waals surface area (Å²) in [6.07, 6.45) is 3.55. The van der Waals surface area contributed by atoms with Gasteiger partial charge in [-0.15, -0.1) is 0 Å². The summed E-state index contributed by atoms with van der Waals surface area (Å²) in [6.45, 7) is 4.45. The molecule has 3 nitrogen and oxygen atoms in total. The van der Waals surface area contributed by atoms with Crippen LogP contribution in [-0.2, 0) is 6.42 Å². The normalized spacial score (nSPS) is 14.8. The van der Waals surface area contributed by atoms with Crippen LogP contribution >= 0.6 is 11.6 Å². The average molecular weight is 326 g/mol. The van der Waals surface area contributed by atoms with Gasteiger partial charge in [-0.1, -0.05) is 30.7 Å². The minimum absolute atomic E-state index is 0.691. The van der Waals surface area contributed by atoms with Gasteiger partial charge in [0.05, 0.1) is 21.7 Å². The topological polar surface area (TPSA) is 31.9 Å². The Morgan fingerprint density at radius 2 is 1.87 bits per heavy atom. The molecule has 1 aliphatic rings. The van der Waals surface area contributed by atoms with E-state index >= 15 is 0 Å². The first-order valence-corrected chi connectivity index (χ1v) is 8.66. The van der Waals surface area contributed by atoms with Gasteiger partial charge < -0.3 is 9.88 Å². The van der Waals surface area contributed by atoms with E-state index in [2.05, 4.69) is 47.1 Å². The minimum Gasteiger partial charge on any atom is -0.372 e. The molecule has 2 aromatic heterocycles. The van der Waals surface area contributed by atoms with Gasteiger partial charge in [-0.25, -0.2) is 4.98 Å². The molecule has 0 saturated carbocycles. The third-order valence-electron chi connectivity index (χ3n) is 4.60. The number of hydrogen-bond acceptors (Lipinski definition) is 2. The molecule has 0 radical (unpaired) electrons. The Kier molecular flexibility index (Phi) is 3.74. The van der Waals surface area contributed by atoms with Crippen molar-refractivity contribution in [1.82, 2.24) is 9.97 Å². The fourth-order valence-electron chi connectivity index (χ4n) is 3.29. The highest BCUT2D eigenvalue weighted by atomic mass is 35.5. The van der Waals surface area contributed by atoms with Crippen molar-refractivity contribution in [2.45, 2.75) is 26.2 Å². The first kappa shape index (κ1) is 14.6. The lowest BCUT2D eigenvalue weighted by Gasteiger charge is -2.17. The van der Waals surface area contributed by atoms with Crippen molar-refractivity contribution in [2.75, 3.05) is 18.0 Å². The van der Waals surface area contributed by atoms with Gasteiger partial charge in [0.15, 0.2) is 0 Å². The van der Waals surface area contributed by atoms with Crippen LogP contribution in [0.1, 0.15) is 25.5 Å². The Hall–Kier alpha value is -2.00. The van der Waals surface area contributed by atoms with Crippen molar-refractivity contribution < 1.29 is 0 Å². The molecule has 3 heterocycles. The summed E-state index contributed by atoms with van der Waals surface area (Å²) in [5, 5.41) is 0.691. The van der Waals surface area contributed by atoms with E-state index < -0.39 is 0 Å². The summed E-state index contributed by atoms with van der Waals surface area (Å²) in [5.41, 5.74) is 6.38. The van der Waals surface area contributed by atoms with E-state index in [-0.39, 0.29) is 0 Å². The number of anilines is 1. The molecule has 0 unspecified atom stereocenters. The van der Waals surface area contributed by atoms with Crippen molar-refractivity contribution in [2.24, 2.45) is 0 Å². The number of nitrogens with one attached hydrogen (secondary N) is 1. The molecule has 0 bridgehead atoms. The molecule has 1 N–H and O–H groups in total. The lowest BCUT2D eigenvalue weighted by Crippen LogP contribution is -2.17. The molecule has 0 aliphatic carbocycles. The molecule has 1 fully saturated rings. The van der Waals surface area contributed by atoms with Crippen LogP contribution in [-0.4, -0.2) is 23.1 Å². The van der Waals surface area contributed by atoms with E-state index in [1.165, 1.54) is 24.2 Å². The molecular formula is C19H20ClN3. The molecule has 0 spiro atoms. The van der Waals surface area contributed by atoms with Gasteiger partial charge in [0.2, 0.25) is 0 Å². The molecule has 4 rings (SSSR count). The molecule has 3 aromatic rings. The van der Waals surface area contributed by atoms with E-state index in [0.29, 0.717) is 5.02 Å². The van der Waals surface area contributed by atoms with Crippen molar-refractivity contribution in [3.8, 4) is 11.3 Å². The van der Waals surface area contributed by atoms with Crippen LogP contribution in [0.5, 0.6) is 0 Å². The van der Waals surface area contributed by atoms with Gasteiger partial charge in [0.25, 0.3) is 0 Å². The second-order valence-electron chi connectivity index (χ2n) is 6.14. The molecule has 1 aromatic carbocycles. The van der Waals surface area contributed by atoms with Gasteiger partial charge in [-0.05, 0) is 43.5 Å². The number of rotatable bonds is 3. The smallest absolute Gasteiger partial charge is 0.0897 e. The van der Waals surface area contributed by atoms with Gasteiger partial charge in [0.1, 0.15) is 0 Å². The third-order valence-corrected chi connectivity index (χ3v) is 4.89. The fraction of sp³-hybridized carbons (Fsp3) is 0.316. The fourth-order valence-corrected chi connectivity index (χ4v) is 3.55. The molecule has 4 heteroatoms. The predicted molar refractivity (Wildman–Crippen MR) is 97.4 cm³/mol. The van der Waals surface area contributed by atoms with Crippen molar-refractivity contribution in [3.63, 3.8) is 0 Å². The van der Waals surface area contributed by atoms with Crippen molar-refractivity contribution in [3.05, 3.63) is 47.1 Å². The number of nitrogens with zero attached hydrogens (tertiary/aromatic N) is 2. The largest absolute Gasteiger partial charge is 0.372 e. The maximum atomic E-state index is 6.46. The Morgan fingerprint density at radius 3 is 2.57 bits per heavy atom. The third kappa shape index (κ3) is 2.70. The Labute approximate surface area is 141 Å². The lowest BCUT2D eigenvalue weighted by molar-refractivity contribution is 0.949. The maximum absolute atomic E-state index is 6.46. The highest BCUT2D eigenvalue weighted by Gasteiger charge is 2.13. The number of aryl methyl sites for hydroxylation is 1. The molecule has 1 aliphatic heterocycles. The summed E-state index contributed by atoms with van der Waals surface area (Å²) < 4.78 is 0. The second-order valence-corrected chi connectivity index (χ2v) is 6.55. The van der Waals surface area contributed by atoms with Gasteiger partial charge in [0, 0.05) is 30.0 Å².